The van der Waals surface area contributed by atoms with Crippen molar-refractivity contribution < 1.29 is 4.39 Å². The number of anilines is 1. The smallest absolute Gasteiger partial charge is 0.129 e. The number of aryl methyl sites for hydroxylation is 1. The summed E-state index contributed by atoms with van der Waals surface area (Å²) in [5, 5.41) is 3.60. The molecule has 4 rings (SSSR count). The average molecular weight is 368 g/mol. The number of nitrogens with zero attached hydrogens (tertiary/aromatic N) is 2. The minimum Gasteiger partial charge on any atom is -0.353 e. The molecule has 1 fully saturated rings. The van der Waals surface area contributed by atoms with Gasteiger partial charge < -0.3 is 10.2 Å². The number of pyridine rings is 1. The summed E-state index contributed by atoms with van der Waals surface area (Å²) in [6, 6.07) is 10.1. The van der Waals surface area contributed by atoms with Gasteiger partial charge in [0.05, 0.1) is 0 Å². The van der Waals surface area contributed by atoms with Crippen molar-refractivity contribution in [3.8, 4) is 11.1 Å². The molecule has 144 valence electrons. The van der Waals surface area contributed by atoms with E-state index in [2.05, 4.69) is 30.1 Å². The maximum Gasteiger partial charge on any atom is 0.129 e. The maximum absolute atomic E-state index is 13.5. The van der Waals surface area contributed by atoms with Crippen LogP contribution in [0.2, 0.25) is 0 Å². The topological polar surface area (TPSA) is 28.2 Å². The highest BCUT2D eigenvalue weighted by molar-refractivity contribution is 5.72. The fourth-order valence-corrected chi connectivity index (χ4v) is 4.61. The molecule has 0 saturated carbocycles. The molecule has 0 spiro atoms. The van der Waals surface area contributed by atoms with E-state index in [-0.39, 0.29) is 5.82 Å². The summed E-state index contributed by atoms with van der Waals surface area (Å²) in [5.74, 6) is 0.898. The Labute approximate surface area is 162 Å². The van der Waals surface area contributed by atoms with E-state index in [4.69, 9.17) is 4.98 Å². The van der Waals surface area contributed by atoms with Crippen molar-refractivity contribution in [1.29, 1.82) is 0 Å². The summed E-state index contributed by atoms with van der Waals surface area (Å²) in [4.78, 5) is 7.55. The summed E-state index contributed by atoms with van der Waals surface area (Å²) in [6.07, 6.45) is 7.12. The van der Waals surface area contributed by atoms with E-state index >= 15 is 0 Å². The van der Waals surface area contributed by atoms with E-state index in [0.29, 0.717) is 12.1 Å². The second kappa shape index (κ2) is 7.97. The van der Waals surface area contributed by atoms with Gasteiger partial charge in [-0.3, -0.25) is 0 Å². The van der Waals surface area contributed by atoms with E-state index < -0.39 is 0 Å². The van der Waals surface area contributed by atoms with Crippen LogP contribution >= 0.6 is 0 Å². The van der Waals surface area contributed by atoms with Crippen LogP contribution < -0.4 is 10.2 Å². The van der Waals surface area contributed by atoms with Crippen molar-refractivity contribution in [3.63, 3.8) is 0 Å². The van der Waals surface area contributed by atoms with Crippen molar-refractivity contribution in [2.45, 2.75) is 64.5 Å². The number of nitrogens with one attached hydrogen (secondary N) is 1. The Hall–Kier alpha value is -1.94. The zero-order valence-electron chi connectivity index (χ0n) is 16.5. The van der Waals surface area contributed by atoms with Crippen LogP contribution in [0.15, 0.2) is 30.3 Å². The van der Waals surface area contributed by atoms with E-state index in [1.807, 2.05) is 12.1 Å². The lowest BCUT2D eigenvalue weighted by atomic mass is 9.90. The Morgan fingerprint density at radius 3 is 2.33 bits per heavy atom. The highest BCUT2D eigenvalue weighted by Gasteiger charge is 2.24. The molecule has 0 radical (unpaired) electrons. The molecule has 4 heteroatoms. The first-order chi connectivity index (χ1) is 13.1. The molecule has 1 N–H and O–H groups in total. The molecule has 0 amide bonds. The largest absolute Gasteiger partial charge is 0.353 e. The van der Waals surface area contributed by atoms with Crippen LogP contribution in [-0.4, -0.2) is 30.2 Å². The third kappa shape index (κ3) is 4.16. The molecule has 2 heterocycles. The third-order valence-corrected chi connectivity index (χ3v) is 5.82. The van der Waals surface area contributed by atoms with Gasteiger partial charge in [0.1, 0.15) is 11.6 Å². The van der Waals surface area contributed by atoms with Crippen LogP contribution in [0.25, 0.3) is 11.1 Å². The molecule has 1 aromatic heterocycles. The van der Waals surface area contributed by atoms with Crippen molar-refractivity contribution in [2.75, 3.05) is 18.0 Å². The van der Waals surface area contributed by atoms with Crippen molar-refractivity contribution in [3.05, 3.63) is 47.4 Å². The summed E-state index contributed by atoms with van der Waals surface area (Å²) in [5.41, 5.74) is 4.98. The van der Waals surface area contributed by atoms with Gasteiger partial charge in [0.25, 0.3) is 0 Å². The fourth-order valence-electron chi connectivity index (χ4n) is 4.61. The number of rotatable bonds is 2. The summed E-state index contributed by atoms with van der Waals surface area (Å²) in [6.45, 7) is 6.41. The van der Waals surface area contributed by atoms with Gasteiger partial charge in [-0.1, -0.05) is 25.0 Å². The van der Waals surface area contributed by atoms with Crippen molar-refractivity contribution >= 4 is 5.82 Å². The first-order valence-electron chi connectivity index (χ1n) is 10.4. The van der Waals surface area contributed by atoms with E-state index in [9.17, 15) is 4.39 Å². The highest BCUT2D eigenvalue weighted by Crippen LogP contribution is 2.33. The molecule has 27 heavy (non-hydrogen) atoms. The maximum atomic E-state index is 13.5. The number of hydrogen-bond acceptors (Lipinski definition) is 3. The van der Waals surface area contributed by atoms with Gasteiger partial charge >= 0.3 is 0 Å². The molecule has 3 nitrogen and oxygen atoms in total. The number of piperazine rings is 1. The number of halogens is 1. The number of benzene rings is 1. The van der Waals surface area contributed by atoms with E-state index in [0.717, 1.165) is 37.3 Å². The second-order valence-electron chi connectivity index (χ2n) is 8.25. The number of hydrogen-bond donors (Lipinski definition) is 1. The predicted molar refractivity (Wildman–Crippen MR) is 110 cm³/mol. The minimum absolute atomic E-state index is 0.180. The van der Waals surface area contributed by atoms with Gasteiger partial charge in [0.2, 0.25) is 0 Å². The van der Waals surface area contributed by atoms with E-state index in [1.165, 1.54) is 42.5 Å². The van der Waals surface area contributed by atoms with Crippen LogP contribution in [0.4, 0.5) is 10.2 Å². The molecule has 1 aliphatic carbocycles. The van der Waals surface area contributed by atoms with Crippen LogP contribution in [0.3, 0.4) is 0 Å². The quantitative estimate of drug-likeness (QED) is 0.831. The Kier molecular flexibility index (Phi) is 5.44. The number of fused-ring (bicyclic) bond motifs is 1. The Morgan fingerprint density at radius 1 is 0.963 bits per heavy atom. The Morgan fingerprint density at radius 2 is 1.63 bits per heavy atom. The van der Waals surface area contributed by atoms with Crippen molar-refractivity contribution in [1.82, 2.24) is 10.3 Å². The fraction of sp³-hybridized carbons (Fsp3) is 0.522. The van der Waals surface area contributed by atoms with Gasteiger partial charge in [-0.25, -0.2) is 9.37 Å². The van der Waals surface area contributed by atoms with Gasteiger partial charge in [-0.15, -0.1) is 0 Å². The lowest BCUT2D eigenvalue weighted by molar-refractivity contribution is 0.405. The molecular weight excluding hydrogens is 337 g/mol. The normalized spacial score (nSPS) is 23.4. The zero-order chi connectivity index (χ0) is 18.8. The molecule has 0 bridgehead atoms. The van der Waals surface area contributed by atoms with Crippen LogP contribution in [0.5, 0.6) is 0 Å². The predicted octanol–water partition coefficient (Wildman–Crippen LogP) is 4.73. The molecular formula is C23H30FN3. The lowest BCUT2D eigenvalue weighted by Gasteiger charge is -2.37. The van der Waals surface area contributed by atoms with E-state index in [1.54, 1.807) is 12.1 Å². The molecule has 2 aromatic rings. The SMILES string of the molecule is CC1CN(c2cc(-c3ccc(F)cc3)c3c(n2)CCCCCC3)CC(C)N1. The van der Waals surface area contributed by atoms with Gasteiger partial charge in [0.15, 0.2) is 0 Å². The average Bonchev–Trinajstić information content (AvgIpc) is 2.61. The molecule has 2 aliphatic rings. The third-order valence-electron chi connectivity index (χ3n) is 5.82. The minimum atomic E-state index is -0.180. The second-order valence-corrected chi connectivity index (χ2v) is 8.25. The zero-order valence-corrected chi connectivity index (χ0v) is 16.5. The van der Waals surface area contributed by atoms with Crippen LogP contribution in [0, 0.1) is 5.82 Å². The molecule has 1 saturated heterocycles. The summed E-state index contributed by atoms with van der Waals surface area (Å²) < 4.78 is 13.5. The summed E-state index contributed by atoms with van der Waals surface area (Å²) in [7, 11) is 0. The summed E-state index contributed by atoms with van der Waals surface area (Å²) >= 11 is 0. The number of aromatic nitrogens is 1. The highest BCUT2D eigenvalue weighted by atomic mass is 19.1. The Balaban J connectivity index is 1.79. The van der Waals surface area contributed by atoms with Crippen LogP contribution in [-0.2, 0) is 12.8 Å². The van der Waals surface area contributed by atoms with Crippen LogP contribution in [0.1, 0.15) is 50.8 Å². The molecule has 2 atom stereocenters. The first kappa shape index (κ1) is 18.4. The Bertz CT molecular complexity index is 777. The molecule has 1 aliphatic heterocycles. The first-order valence-corrected chi connectivity index (χ1v) is 10.4. The van der Waals surface area contributed by atoms with Gasteiger partial charge in [-0.05, 0) is 74.4 Å². The standard InChI is InChI=1S/C23H30FN3/c1-16-14-27(15-17(2)25-16)23-13-21(18-9-11-19(24)12-10-18)20-7-5-3-4-6-8-22(20)26-23/h9-13,16-17,25H,3-8,14-15H2,1-2H3. The monoisotopic (exact) mass is 367 g/mol. The molecule has 2 unspecified atom stereocenters. The molecule has 1 aromatic carbocycles. The van der Waals surface area contributed by atoms with Gasteiger partial charge in [-0.2, -0.15) is 0 Å². The van der Waals surface area contributed by atoms with Crippen molar-refractivity contribution in [2.24, 2.45) is 0 Å². The van der Waals surface area contributed by atoms with Gasteiger partial charge in [0, 0.05) is 30.9 Å². The lowest BCUT2D eigenvalue weighted by Crippen LogP contribution is -2.54.